The van der Waals surface area contributed by atoms with Gasteiger partial charge in [0.2, 0.25) is 11.8 Å². The molecule has 2 aliphatic rings. The quantitative estimate of drug-likeness (QED) is 0.0275. The highest BCUT2D eigenvalue weighted by Crippen LogP contribution is 2.42. The minimum atomic E-state index is -0.879. The average Bonchev–Trinajstić information content (AvgIpc) is 1.21. The van der Waals surface area contributed by atoms with Gasteiger partial charge in [-0.05, 0) is 49.2 Å². The topological polar surface area (TPSA) is 269 Å². The molecular formula is C64H68Cl4F2N14O8. The maximum absolute atomic E-state index is 13.4. The molecule has 8 heterocycles. The lowest BCUT2D eigenvalue weighted by Crippen LogP contribution is -2.32. The summed E-state index contributed by atoms with van der Waals surface area (Å²) in [5.74, 6) is -1.30. The van der Waals surface area contributed by atoms with Crippen LogP contribution < -0.4 is 30.7 Å². The minimum absolute atomic E-state index is 0.00388. The number of ether oxygens (including phenoxy) is 2. The van der Waals surface area contributed by atoms with Crippen LogP contribution in [0.5, 0.6) is 11.8 Å². The van der Waals surface area contributed by atoms with E-state index in [2.05, 4.69) is 61.0 Å². The highest BCUT2D eigenvalue weighted by atomic mass is 35.5. The summed E-state index contributed by atoms with van der Waals surface area (Å²) in [4.78, 5) is 80.2. The molecule has 92 heavy (non-hydrogen) atoms. The number of rotatable bonds is 26. The third-order valence-corrected chi connectivity index (χ3v) is 17.1. The first-order valence-corrected chi connectivity index (χ1v) is 31.0. The van der Waals surface area contributed by atoms with Gasteiger partial charge in [-0.2, -0.15) is 0 Å². The Morgan fingerprint density at radius 3 is 1.35 bits per heavy atom. The fourth-order valence-electron chi connectivity index (χ4n) is 10.9. The molecule has 0 aliphatic carbocycles. The SMILES string of the molecule is COc1nc(-c2ccnc(-c3cccc(NC(=O)c4nc5c(n4C)CCN(CCCF)C5)c3Cl)c2Cl)ccc1CNCCC(=O)O.COc1nc(-c2ccnc(-c3cccc(NC(=O)c4nc5c(n4C)CCN(CCCF)C5)c3Cl)c2Cl)ccc1CNCCC(=O)O. The molecular weight excluding hydrogens is 1270 g/mol. The summed E-state index contributed by atoms with van der Waals surface area (Å²) < 4.78 is 39.9. The lowest BCUT2D eigenvalue weighted by molar-refractivity contribution is -0.137. The van der Waals surface area contributed by atoms with Crippen LogP contribution in [0.3, 0.4) is 0 Å². The van der Waals surface area contributed by atoms with Gasteiger partial charge < -0.3 is 50.1 Å². The second kappa shape index (κ2) is 31.9. The Labute approximate surface area is 549 Å². The Morgan fingerprint density at radius 1 is 0.554 bits per heavy atom. The molecule has 22 nitrogen and oxygen atoms in total. The number of benzene rings is 2. The van der Waals surface area contributed by atoms with E-state index in [1.165, 1.54) is 14.2 Å². The van der Waals surface area contributed by atoms with Crippen molar-refractivity contribution in [3.8, 4) is 56.8 Å². The third kappa shape index (κ3) is 16.2. The molecule has 28 heteroatoms. The van der Waals surface area contributed by atoms with E-state index in [1.807, 2.05) is 26.2 Å². The van der Waals surface area contributed by atoms with Crippen molar-refractivity contribution in [1.29, 1.82) is 0 Å². The largest absolute Gasteiger partial charge is 0.481 e. The number of pyridine rings is 4. The number of alkyl halides is 2. The van der Waals surface area contributed by atoms with Gasteiger partial charge >= 0.3 is 11.9 Å². The van der Waals surface area contributed by atoms with E-state index in [9.17, 15) is 28.0 Å². The summed E-state index contributed by atoms with van der Waals surface area (Å²) in [7, 11) is 6.65. The second-order valence-electron chi connectivity index (χ2n) is 21.6. The number of hydrogen-bond donors (Lipinski definition) is 6. The first-order valence-electron chi connectivity index (χ1n) is 29.5. The highest BCUT2D eigenvalue weighted by molar-refractivity contribution is 6.40. The summed E-state index contributed by atoms with van der Waals surface area (Å²) in [6, 6.07) is 21.2. The minimum Gasteiger partial charge on any atom is -0.481 e. The first-order chi connectivity index (χ1) is 44.4. The standard InChI is InChI=1S/2C32H34Cl2FN7O4/c2*1-41-25-11-16-42(15-4-12-35)18-24(25)38-30(41)31(45)39-23-6-3-5-21(27(23)33)29-28(34)20(9-14-37-29)22-8-7-19(32(40-22)46-2)17-36-13-10-26(43)44/h2*3,5-9,14,36H,4,10-13,15-18H2,1-2H3,(H,39,45)(H,43,44). The molecule has 0 fully saturated rings. The number of fused-ring (bicyclic) bond motifs is 2. The zero-order valence-corrected chi connectivity index (χ0v) is 53.9. The van der Waals surface area contributed by atoms with Crippen LogP contribution in [0.15, 0.2) is 85.2 Å². The van der Waals surface area contributed by atoms with Gasteiger partial charge in [-0.1, -0.05) is 82.8 Å². The fraction of sp³-hybridized carbons (Fsp3) is 0.344. The Morgan fingerprint density at radius 2 is 0.967 bits per heavy atom. The van der Waals surface area contributed by atoms with Crippen molar-refractivity contribution in [2.45, 2.75) is 64.7 Å². The van der Waals surface area contributed by atoms with Gasteiger partial charge in [-0.25, -0.2) is 19.9 Å². The van der Waals surface area contributed by atoms with Crippen LogP contribution in [-0.2, 0) is 62.7 Å². The summed E-state index contributed by atoms with van der Waals surface area (Å²) in [6.07, 6.45) is 5.60. The summed E-state index contributed by atoms with van der Waals surface area (Å²) in [5, 5.41) is 30.8. The molecule has 2 aliphatic heterocycles. The Hall–Kier alpha value is -8.20. The zero-order valence-electron chi connectivity index (χ0n) is 50.9. The molecule has 2 aromatic carbocycles. The van der Waals surface area contributed by atoms with E-state index in [0.29, 0.717) is 143 Å². The number of carboxylic acids is 2. The Bertz CT molecular complexity index is 3750. The normalized spacial score (nSPS) is 13.0. The van der Waals surface area contributed by atoms with Crippen LogP contribution in [0.2, 0.25) is 20.1 Å². The van der Waals surface area contributed by atoms with Gasteiger partial charge in [-0.15, -0.1) is 0 Å². The second-order valence-corrected chi connectivity index (χ2v) is 23.1. The molecule has 2 amide bonds. The number of methoxy groups -OCH3 is 2. The predicted molar refractivity (Wildman–Crippen MR) is 348 cm³/mol. The molecule has 0 unspecified atom stereocenters. The van der Waals surface area contributed by atoms with Crippen molar-refractivity contribution in [1.82, 2.24) is 59.5 Å². The molecule has 0 atom stereocenters. The van der Waals surface area contributed by atoms with E-state index < -0.39 is 23.8 Å². The summed E-state index contributed by atoms with van der Waals surface area (Å²) >= 11 is 27.5. The van der Waals surface area contributed by atoms with E-state index in [4.69, 9.17) is 66.1 Å². The molecule has 0 saturated heterocycles. The number of amides is 2. The number of aliphatic carboxylic acids is 2. The number of imidazole rings is 2. The van der Waals surface area contributed by atoms with Crippen LogP contribution >= 0.6 is 46.4 Å². The number of anilines is 2. The Kier molecular flexibility index (Phi) is 23.6. The van der Waals surface area contributed by atoms with Crippen molar-refractivity contribution in [3.05, 3.63) is 151 Å². The molecule has 6 aromatic heterocycles. The van der Waals surface area contributed by atoms with Crippen molar-refractivity contribution in [2.24, 2.45) is 14.1 Å². The van der Waals surface area contributed by atoms with Gasteiger partial charge in [0.05, 0.1) is 106 Å². The zero-order chi connectivity index (χ0) is 65.6. The maximum Gasteiger partial charge on any atom is 0.304 e. The molecule has 0 spiro atoms. The lowest BCUT2D eigenvalue weighted by atomic mass is 10.1. The smallest absolute Gasteiger partial charge is 0.304 e. The number of halogens is 6. The molecule has 8 aromatic rings. The van der Waals surface area contributed by atoms with Crippen LogP contribution in [0.25, 0.3) is 45.0 Å². The van der Waals surface area contributed by atoms with Gasteiger partial charge in [0.15, 0.2) is 11.6 Å². The van der Waals surface area contributed by atoms with Crippen LogP contribution in [0.1, 0.15) is 80.8 Å². The number of nitrogens with zero attached hydrogens (tertiary/aromatic N) is 10. The van der Waals surface area contributed by atoms with Gasteiger partial charge in [0.1, 0.15) is 0 Å². The van der Waals surface area contributed by atoms with Crippen molar-refractivity contribution in [2.75, 3.05) is 77.5 Å². The number of carbonyl (C=O) groups is 4. The summed E-state index contributed by atoms with van der Waals surface area (Å²) in [5.41, 5.74) is 10.00. The number of hydrogen-bond acceptors (Lipinski definition) is 16. The van der Waals surface area contributed by atoms with E-state index >= 15 is 0 Å². The number of carbonyl (C=O) groups excluding carboxylic acids is 2. The van der Waals surface area contributed by atoms with E-state index in [-0.39, 0.29) is 47.9 Å². The number of carboxylic acid groups (broad SMARTS) is 2. The molecule has 484 valence electrons. The van der Waals surface area contributed by atoms with Crippen molar-refractivity contribution < 1.29 is 47.6 Å². The van der Waals surface area contributed by atoms with Crippen LogP contribution in [0, 0.1) is 0 Å². The number of nitrogens with one attached hydrogen (secondary N) is 4. The van der Waals surface area contributed by atoms with Crippen LogP contribution in [-0.4, -0.2) is 150 Å². The third-order valence-electron chi connectivity index (χ3n) is 15.6. The molecule has 10 rings (SSSR count). The molecule has 0 bridgehead atoms. The van der Waals surface area contributed by atoms with Gasteiger partial charge in [-0.3, -0.25) is 47.7 Å². The molecule has 6 N–H and O–H groups in total. The van der Waals surface area contributed by atoms with Gasteiger partial charge in [0.25, 0.3) is 11.8 Å². The van der Waals surface area contributed by atoms with Crippen molar-refractivity contribution >= 4 is 81.5 Å². The maximum atomic E-state index is 13.4. The fourth-order valence-corrected chi connectivity index (χ4v) is 12.0. The summed E-state index contributed by atoms with van der Waals surface area (Å²) in [6.45, 7) is 4.67. The van der Waals surface area contributed by atoms with Crippen LogP contribution in [0.4, 0.5) is 20.2 Å². The average molecular weight is 1340 g/mol. The van der Waals surface area contributed by atoms with E-state index in [1.54, 1.807) is 82.2 Å². The Balaban J connectivity index is 0.000000217. The van der Waals surface area contributed by atoms with Crippen molar-refractivity contribution in [3.63, 3.8) is 0 Å². The number of aromatic nitrogens is 8. The van der Waals surface area contributed by atoms with Gasteiger partial charge in [0, 0.05) is 150 Å². The predicted octanol–water partition coefficient (Wildman–Crippen LogP) is 10.8. The monoisotopic (exact) mass is 1340 g/mol. The highest BCUT2D eigenvalue weighted by Gasteiger charge is 2.29. The van der Waals surface area contributed by atoms with E-state index in [0.717, 1.165) is 59.8 Å². The molecule has 0 saturated carbocycles. The lowest BCUT2D eigenvalue weighted by Gasteiger charge is -2.26. The molecule has 0 radical (unpaired) electrons. The first kappa shape index (κ1) is 68.2.